The van der Waals surface area contributed by atoms with Crippen molar-refractivity contribution in [2.45, 2.75) is 45.2 Å². The molecule has 2 N–H and O–H groups in total. The highest BCUT2D eigenvalue weighted by Crippen LogP contribution is 2.16. The average molecular weight is 353 g/mol. The maximum absolute atomic E-state index is 13.7. The number of carbonyl (C=O) groups is 2. The molecule has 138 valence electrons. The Bertz CT molecular complexity index is 639. The molecule has 2 atom stereocenters. The highest BCUT2D eigenvalue weighted by atomic mass is 19.1. The van der Waals surface area contributed by atoms with Crippen LogP contribution in [0.5, 0.6) is 0 Å². The number of amides is 2. The van der Waals surface area contributed by atoms with E-state index in [0.717, 1.165) is 18.2 Å². The molecule has 0 radical (unpaired) electrons. The number of halogens is 2. The zero-order chi connectivity index (χ0) is 18.6. The van der Waals surface area contributed by atoms with E-state index in [0.29, 0.717) is 26.1 Å². The van der Waals surface area contributed by atoms with Crippen molar-refractivity contribution in [3.8, 4) is 0 Å². The first-order chi connectivity index (χ1) is 11.8. The van der Waals surface area contributed by atoms with Crippen molar-refractivity contribution in [3.05, 3.63) is 35.4 Å². The summed E-state index contributed by atoms with van der Waals surface area (Å²) >= 11 is 0. The van der Waals surface area contributed by atoms with E-state index in [4.69, 9.17) is 5.73 Å². The smallest absolute Gasteiger partial charge is 0.245 e. The number of carbonyl (C=O) groups excluding carboxylic acids is 2. The topological polar surface area (TPSA) is 66.6 Å². The van der Waals surface area contributed by atoms with Gasteiger partial charge in [0.05, 0.1) is 0 Å². The molecule has 1 saturated heterocycles. The zero-order valence-electron chi connectivity index (χ0n) is 14.7. The highest BCUT2D eigenvalue weighted by molar-refractivity contribution is 5.88. The van der Waals surface area contributed by atoms with Gasteiger partial charge >= 0.3 is 0 Å². The molecule has 0 bridgehead atoms. The van der Waals surface area contributed by atoms with Crippen molar-refractivity contribution in [2.24, 2.45) is 5.73 Å². The van der Waals surface area contributed by atoms with Gasteiger partial charge in [-0.2, -0.15) is 0 Å². The van der Waals surface area contributed by atoms with Crippen LogP contribution in [0.1, 0.15) is 32.3 Å². The monoisotopic (exact) mass is 353 g/mol. The van der Waals surface area contributed by atoms with E-state index >= 15 is 0 Å². The molecule has 1 aromatic rings. The summed E-state index contributed by atoms with van der Waals surface area (Å²) in [5, 5.41) is 0. The minimum atomic E-state index is -0.642. The number of hydrogen-bond donors (Lipinski definition) is 1. The maximum Gasteiger partial charge on any atom is 0.245 e. The fraction of sp³-hybridized carbons (Fsp3) is 0.556. The Morgan fingerprint density at radius 3 is 2.76 bits per heavy atom. The standard InChI is InChI=1S/C18H25F2N3O2/c1-3-22-7-4-8-23(12(2)18(22)25)17(24)11-15(21)10-13-9-14(19)5-6-16(13)20/h5-6,9,12,15H,3-4,7-8,10-11,21H2,1-2H3/t12-,15?/m1/s1. The van der Waals surface area contributed by atoms with E-state index in [2.05, 4.69) is 0 Å². The summed E-state index contributed by atoms with van der Waals surface area (Å²) in [4.78, 5) is 28.2. The molecule has 1 aromatic carbocycles. The van der Waals surface area contributed by atoms with Crippen LogP contribution in [0.4, 0.5) is 8.78 Å². The Morgan fingerprint density at radius 2 is 2.08 bits per heavy atom. The predicted molar refractivity (Wildman–Crippen MR) is 90.7 cm³/mol. The normalized spacial score (nSPS) is 19.7. The van der Waals surface area contributed by atoms with Gasteiger partial charge in [0.1, 0.15) is 17.7 Å². The van der Waals surface area contributed by atoms with E-state index < -0.39 is 23.7 Å². The van der Waals surface area contributed by atoms with Crippen molar-refractivity contribution in [1.82, 2.24) is 9.80 Å². The molecule has 1 heterocycles. The SMILES string of the molecule is CCN1CCCN(C(=O)CC(N)Cc2cc(F)ccc2F)[C@H](C)C1=O. The number of likely N-dealkylation sites (N-methyl/N-ethyl adjacent to an activating group) is 1. The lowest BCUT2D eigenvalue weighted by atomic mass is 10.0. The minimum Gasteiger partial charge on any atom is -0.341 e. The Kier molecular flexibility index (Phi) is 6.47. The van der Waals surface area contributed by atoms with E-state index in [1.165, 1.54) is 0 Å². The Hall–Kier alpha value is -2.02. The number of nitrogens with zero attached hydrogens (tertiary/aromatic N) is 2. The molecule has 1 aliphatic heterocycles. The summed E-state index contributed by atoms with van der Waals surface area (Å²) in [7, 11) is 0. The maximum atomic E-state index is 13.7. The largest absolute Gasteiger partial charge is 0.341 e. The van der Waals surface area contributed by atoms with Crippen LogP contribution in [-0.2, 0) is 16.0 Å². The fourth-order valence-electron chi connectivity index (χ4n) is 3.18. The molecule has 0 aromatic heterocycles. The van der Waals surface area contributed by atoms with Gasteiger partial charge in [-0.3, -0.25) is 9.59 Å². The molecule has 1 unspecified atom stereocenters. The first kappa shape index (κ1) is 19.3. The molecule has 0 saturated carbocycles. The molecule has 5 nitrogen and oxygen atoms in total. The van der Waals surface area contributed by atoms with Crippen molar-refractivity contribution in [2.75, 3.05) is 19.6 Å². The van der Waals surface area contributed by atoms with Crippen LogP contribution in [0.3, 0.4) is 0 Å². The molecule has 0 spiro atoms. The van der Waals surface area contributed by atoms with Gasteiger partial charge in [0.25, 0.3) is 0 Å². The van der Waals surface area contributed by atoms with Crippen molar-refractivity contribution in [1.29, 1.82) is 0 Å². The van der Waals surface area contributed by atoms with Crippen LogP contribution >= 0.6 is 0 Å². The summed E-state index contributed by atoms with van der Waals surface area (Å²) in [5.74, 6) is -1.39. The third kappa shape index (κ3) is 4.75. The van der Waals surface area contributed by atoms with Gasteiger partial charge in [-0.1, -0.05) is 0 Å². The summed E-state index contributed by atoms with van der Waals surface area (Å²) in [6.45, 7) is 5.36. The second-order valence-electron chi connectivity index (χ2n) is 6.44. The molecule has 25 heavy (non-hydrogen) atoms. The summed E-state index contributed by atoms with van der Waals surface area (Å²) < 4.78 is 26.9. The van der Waals surface area contributed by atoms with Crippen molar-refractivity contribution in [3.63, 3.8) is 0 Å². The second-order valence-corrected chi connectivity index (χ2v) is 6.44. The van der Waals surface area contributed by atoms with Gasteiger partial charge in [0.2, 0.25) is 11.8 Å². The highest BCUT2D eigenvalue weighted by Gasteiger charge is 2.31. The van der Waals surface area contributed by atoms with Gasteiger partial charge in [0.15, 0.2) is 0 Å². The van der Waals surface area contributed by atoms with Gasteiger partial charge in [-0.15, -0.1) is 0 Å². The van der Waals surface area contributed by atoms with Gasteiger partial charge < -0.3 is 15.5 Å². The molecule has 7 heteroatoms. The summed E-state index contributed by atoms with van der Waals surface area (Å²) in [6, 6.07) is 2.01. The second kappa shape index (κ2) is 8.38. The van der Waals surface area contributed by atoms with Gasteiger partial charge in [-0.25, -0.2) is 8.78 Å². The van der Waals surface area contributed by atoms with E-state index in [9.17, 15) is 18.4 Å². The number of benzene rings is 1. The average Bonchev–Trinajstić information content (AvgIpc) is 2.70. The lowest BCUT2D eigenvalue weighted by molar-refractivity contribution is -0.143. The first-order valence-electron chi connectivity index (χ1n) is 8.61. The minimum absolute atomic E-state index is 0.0142. The third-order valence-corrected chi connectivity index (χ3v) is 4.59. The Labute approximate surface area is 146 Å². The first-order valence-corrected chi connectivity index (χ1v) is 8.61. The lowest BCUT2D eigenvalue weighted by Gasteiger charge is -2.28. The van der Waals surface area contributed by atoms with Crippen molar-refractivity contribution >= 4 is 11.8 Å². The van der Waals surface area contributed by atoms with Crippen LogP contribution in [0.15, 0.2) is 18.2 Å². The molecular weight excluding hydrogens is 328 g/mol. The number of nitrogens with two attached hydrogens (primary N) is 1. The molecule has 1 aliphatic rings. The molecule has 2 amide bonds. The molecule has 2 rings (SSSR count). The van der Waals surface area contributed by atoms with E-state index in [1.807, 2.05) is 6.92 Å². The van der Waals surface area contributed by atoms with Crippen LogP contribution in [0.2, 0.25) is 0 Å². The Morgan fingerprint density at radius 1 is 1.36 bits per heavy atom. The summed E-state index contributed by atoms with van der Waals surface area (Å²) in [5.41, 5.74) is 6.12. The van der Waals surface area contributed by atoms with Gasteiger partial charge in [0, 0.05) is 32.1 Å². The molecule has 1 fully saturated rings. The van der Waals surface area contributed by atoms with Crippen LogP contribution < -0.4 is 5.73 Å². The predicted octanol–water partition coefficient (Wildman–Crippen LogP) is 1.69. The molecule has 0 aliphatic carbocycles. The Balaban J connectivity index is 2.00. The van der Waals surface area contributed by atoms with E-state index in [-0.39, 0.29) is 30.2 Å². The molecular formula is C18H25F2N3O2. The summed E-state index contributed by atoms with van der Waals surface area (Å²) in [6.07, 6.45) is 0.760. The van der Waals surface area contributed by atoms with Crippen molar-refractivity contribution < 1.29 is 18.4 Å². The lowest BCUT2D eigenvalue weighted by Crippen LogP contribution is -2.48. The van der Waals surface area contributed by atoms with E-state index in [1.54, 1.807) is 16.7 Å². The van der Waals surface area contributed by atoms with Crippen LogP contribution in [-0.4, -0.2) is 53.3 Å². The zero-order valence-corrected chi connectivity index (χ0v) is 14.7. The van der Waals surface area contributed by atoms with Gasteiger partial charge in [-0.05, 0) is 50.5 Å². The number of rotatable bonds is 5. The fourth-order valence-corrected chi connectivity index (χ4v) is 3.18. The number of hydrogen-bond acceptors (Lipinski definition) is 3. The van der Waals surface area contributed by atoms with Crippen LogP contribution in [0.25, 0.3) is 0 Å². The van der Waals surface area contributed by atoms with Crippen LogP contribution in [0, 0.1) is 11.6 Å². The quantitative estimate of drug-likeness (QED) is 0.876. The third-order valence-electron chi connectivity index (χ3n) is 4.59.